The fourth-order valence-electron chi connectivity index (χ4n) is 1.72. The number of ketones is 1. The lowest BCUT2D eigenvalue weighted by Crippen LogP contribution is -2.54. The maximum absolute atomic E-state index is 11.6. The Morgan fingerprint density at radius 1 is 1.41 bits per heavy atom. The van der Waals surface area contributed by atoms with Crippen LogP contribution in [-0.2, 0) is 9.53 Å². The van der Waals surface area contributed by atoms with Gasteiger partial charge in [0.2, 0.25) is 0 Å². The van der Waals surface area contributed by atoms with Gasteiger partial charge >= 0.3 is 6.09 Å². The van der Waals surface area contributed by atoms with Gasteiger partial charge in [-0.05, 0) is 26.8 Å². The van der Waals surface area contributed by atoms with E-state index in [1.165, 1.54) is 6.08 Å². The first kappa shape index (κ1) is 13.7. The third-order valence-electron chi connectivity index (χ3n) is 2.92. The van der Waals surface area contributed by atoms with Crippen molar-refractivity contribution in [3.63, 3.8) is 0 Å². The molecule has 1 saturated heterocycles. The number of hydrogen-bond acceptors (Lipinski definition) is 3. The fourth-order valence-corrected chi connectivity index (χ4v) is 1.72. The Kier molecular flexibility index (Phi) is 3.96. The summed E-state index contributed by atoms with van der Waals surface area (Å²) in [4.78, 5) is 24.7. The molecule has 1 amide bonds. The number of allylic oxidation sites excluding steroid dienone is 1. The first-order valence-electron chi connectivity index (χ1n) is 5.89. The summed E-state index contributed by atoms with van der Waals surface area (Å²) in [6.45, 7) is 12.1. The Morgan fingerprint density at radius 2 is 1.94 bits per heavy atom. The second-order valence-corrected chi connectivity index (χ2v) is 5.54. The molecule has 1 aliphatic heterocycles. The van der Waals surface area contributed by atoms with Crippen LogP contribution in [0.5, 0.6) is 0 Å². The summed E-state index contributed by atoms with van der Waals surface area (Å²) in [5.74, 6) is 0.207. The number of nitrogens with zero attached hydrogens (tertiary/aromatic N) is 1. The summed E-state index contributed by atoms with van der Waals surface area (Å²) in [5, 5.41) is 0. The fraction of sp³-hybridized carbons (Fsp3) is 0.692. The van der Waals surface area contributed by atoms with Gasteiger partial charge in [-0.2, -0.15) is 0 Å². The number of hydrogen-bond donors (Lipinski definition) is 0. The smallest absolute Gasteiger partial charge is 0.410 e. The summed E-state index contributed by atoms with van der Waals surface area (Å²) in [6, 6.07) is 0. The van der Waals surface area contributed by atoms with E-state index in [1.54, 1.807) is 4.90 Å². The first-order valence-corrected chi connectivity index (χ1v) is 5.89. The molecule has 0 spiro atoms. The highest BCUT2D eigenvalue weighted by Gasteiger charge is 2.38. The van der Waals surface area contributed by atoms with Crippen molar-refractivity contribution in [2.75, 3.05) is 13.1 Å². The minimum absolute atomic E-state index is 0.0406. The van der Waals surface area contributed by atoms with Crippen LogP contribution >= 0.6 is 0 Å². The standard InChI is InChI=1S/C13H21NO3/c1-6-11(15)9(2)10-7-14(8-10)12(16)17-13(3,4)5/h6,9-10H,1,7-8H2,2-5H3. The average molecular weight is 239 g/mol. The molecule has 1 aliphatic rings. The normalized spacial score (nSPS) is 18.2. The van der Waals surface area contributed by atoms with Gasteiger partial charge in [0, 0.05) is 24.9 Å². The van der Waals surface area contributed by atoms with Crippen LogP contribution in [0.25, 0.3) is 0 Å². The molecule has 1 heterocycles. The molecule has 0 radical (unpaired) electrons. The third-order valence-corrected chi connectivity index (χ3v) is 2.92. The molecule has 1 fully saturated rings. The molecule has 0 N–H and O–H groups in total. The van der Waals surface area contributed by atoms with Gasteiger partial charge in [-0.15, -0.1) is 0 Å². The number of amides is 1. The highest BCUT2D eigenvalue weighted by molar-refractivity contribution is 5.91. The summed E-state index contributed by atoms with van der Waals surface area (Å²) in [7, 11) is 0. The van der Waals surface area contributed by atoms with Crippen LogP contribution in [0.15, 0.2) is 12.7 Å². The van der Waals surface area contributed by atoms with E-state index in [1.807, 2.05) is 27.7 Å². The molecule has 0 saturated carbocycles. The van der Waals surface area contributed by atoms with Crippen LogP contribution in [0, 0.1) is 11.8 Å². The van der Waals surface area contributed by atoms with Crippen molar-refractivity contribution < 1.29 is 14.3 Å². The van der Waals surface area contributed by atoms with Crippen molar-refractivity contribution in [3.05, 3.63) is 12.7 Å². The van der Waals surface area contributed by atoms with Crippen LogP contribution in [0.2, 0.25) is 0 Å². The van der Waals surface area contributed by atoms with Crippen molar-refractivity contribution in [2.45, 2.75) is 33.3 Å². The quantitative estimate of drug-likeness (QED) is 0.710. The number of ether oxygens (including phenoxy) is 1. The van der Waals surface area contributed by atoms with Gasteiger partial charge in [-0.25, -0.2) is 4.79 Å². The summed E-state index contributed by atoms with van der Waals surface area (Å²) < 4.78 is 5.24. The number of rotatable bonds is 3. The maximum atomic E-state index is 11.6. The topological polar surface area (TPSA) is 46.6 Å². The van der Waals surface area contributed by atoms with Gasteiger partial charge in [0.1, 0.15) is 5.60 Å². The third kappa shape index (κ3) is 3.58. The van der Waals surface area contributed by atoms with Gasteiger partial charge in [-0.3, -0.25) is 4.79 Å². The molecule has 0 aliphatic carbocycles. The van der Waals surface area contributed by atoms with Gasteiger partial charge in [-0.1, -0.05) is 13.5 Å². The Labute approximate surface area is 103 Å². The molecular weight excluding hydrogens is 218 g/mol. The van der Waals surface area contributed by atoms with Crippen molar-refractivity contribution in [1.29, 1.82) is 0 Å². The van der Waals surface area contributed by atoms with E-state index in [9.17, 15) is 9.59 Å². The number of carbonyl (C=O) groups excluding carboxylic acids is 2. The van der Waals surface area contributed by atoms with E-state index in [0.29, 0.717) is 13.1 Å². The lowest BCUT2D eigenvalue weighted by Gasteiger charge is -2.41. The molecule has 17 heavy (non-hydrogen) atoms. The molecule has 0 aromatic rings. The monoisotopic (exact) mass is 239 g/mol. The van der Waals surface area contributed by atoms with Crippen LogP contribution in [-0.4, -0.2) is 35.5 Å². The van der Waals surface area contributed by atoms with Crippen molar-refractivity contribution in [2.24, 2.45) is 11.8 Å². The van der Waals surface area contributed by atoms with Crippen LogP contribution < -0.4 is 0 Å². The van der Waals surface area contributed by atoms with Crippen LogP contribution in [0.4, 0.5) is 4.79 Å². The Bertz CT molecular complexity index is 324. The Balaban J connectivity index is 2.39. The predicted molar refractivity (Wildman–Crippen MR) is 65.7 cm³/mol. The predicted octanol–water partition coefficient (Wildman–Crippen LogP) is 2.24. The molecule has 1 rings (SSSR count). The van der Waals surface area contributed by atoms with E-state index in [0.717, 1.165) is 0 Å². The summed E-state index contributed by atoms with van der Waals surface area (Å²) >= 11 is 0. The molecule has 0 aromatic carbocycles. The SMILES string of the molecule is C=CC(=O)C(C)C1CN(C(=O)OC(C)(C)C)C1. The molecule has 0 aromatic heterocycles. The molecule has 0 bridgehead atoms. The Morgan fingerprint density at radius 3 is 2.35 bits per heavy atom. The summed E-state index contributed by atoms with van der Waals surface area (Å²) in [5.41, 5.74) is -0.468. The zero-order chi connectivity index (χ0) is 13.2. The molecule has 4 nitrogen and oxygen atoms in total. The van der Waals surface area contributed by atoms with Crippen molar-refractivity contribution in [3.8, 4) is 0 Å². The average Bonchev–Trinajstić information content (AvgIpc) is 2.10. The zero-order valence-corrected chi connectivity index (χ0v) is 11.0. The zero-order valence-electron chi connectivity index (χ0n) is 11.0. The van der Waals surface area contributed by atoms with Gasteiger partial charge in [0.15, 0.2) is 5.78 Å². The van der Waals surface area contributed by atoms with E-state index in [2.05, 4.69) is 6.58 Å². The van der Waals surface area contributed by atoms with Gasteiger partial charge < -0.3 is 9.64 Å². The maximum Gasteiger partial charge on any atom is 0.410 e. The van der Waals surface area contributed by atoms with E-state index >= 15 is 0 Å². The lowest BCUT2D eigenvalue weighted by atomic mass is 9.84. The first-order chi connectivity index (χ1) is 7.74. The van der Waals surface area contributed by atoms with Crippen molar-refractivity contribution >= 4 is 11.9 Å². The second-order valence-electron chi connectivity index (χ2n) is 5.54. The number of likely N-dealkylation sites (tertiary alicyclic amines) is 1. The minimum Gasteiger partial charge on any atom is -0.444 e. The van der Waals surface area contributed by atoms with E-state index in [4.69, 9.17) is 4.74 Å². The second kappa shape index (κ2) is 4.90. The van der Waals surface area contributed by atoms with Crippen molar-refractivity contribution in [1.82, 2.24) is 4.90 Å². The summed E-state index contributed by atoms with van der Waals surface area (Å²) in [6.07, 6.45) is 1.05. The molecule has 96 valence electrons. The molecule has 4 heteroatoms. The molecule has 1 atom stereocenters. The highest BCUT2D eigenvalue weighted by Crippen LogP contribution is 2.26. The van der Waals surface area contributed by atoms with Crippen LogP contribution in [0.1, 0.15) is 27.7 Å². The molecular formula is C13H21NO3. The molecule has 1 unspecified atom stereocenters. The highest BCUT2D eigenvalue weighted by atomic mass is 16.6. The Hall–Kier alpha value is -1.32. The van der Waals surface area contributed by atoms with E-state index in [-0.39, 0.29) is 23.7 Å². The minimum atomic E-state index is -0.468. The number of carbonyl (C=O) groups is 2. The van der Waals surface area contributed by atoms with Gasteiger partial charge in [0.25, 0.3) is 0 Å². The van der Waals surface area contributed by atoms with Crippen LogP contribution in [0.3, 0.4) is 0 Å². The van der Waals surface area contributed by atoms with Gasteiger partial charge in [0.05, 0.1) is 0 Å². The largest absolute Gasteiger partial charge is 0.444 e. The van der Waals surface area contributed by atoms with E-state index < -0.39 is 5.60 Å². The lowest BCUT2D eigenvalue weighted by molar-refractivity contribution is -0.121.